The zero-order valence-electron chi connectivity index (χ0n) is 10.8. The molecule has 1 atom stereocenters. The van der Waals surface area contributed by atoms with E-state index in [-0.39, 0.29) is 0 Å². The van der Waals surface area contributed by atoms with Crippen molar-refractivity contribution < 1.29 is 4.74 Å². The molecule has 0 aliphatic carbocycles. The average molecular weight is 234 g/mol. The summed E-state index contributed by atoms with van der Waals surface area (Å²) in [4.78, 5) is 2.51. The fourth-order valence-electron chi connectivity index (χ4n) is 2.65. The van der Waals surface area contributed by atoms with E-state index in [1.54, 1.807) is 7.11 Å². The number of nitrogens with zero attached hydrogens (tertiary/aromatic N) is 1. The molecule has 0 amide bonds. The molecule has 0 saturated heterocycles. The van der Waals surface area contributed by atoms with Crippen LogP contribution in [0.1, 0.15) is 24.5 Å². The number of nitrogens with two attached hydrogens (primary N) is 1. The molecular formula is C14H22N2O. The monoisotopic (exact) mass is 234 g/mol. The average Bonchev–Trinajstić information content (AvgIpc) is 2.36. The van der Waals surface area contributed by atoms with Gasteiger partial charge in [0.2, 0.25) is 0 Å². The highest BCUT2D eigenvalue weighted by molar-refractivity contribution is 5.51. The van der Waals surface area contributed by atoms with Crippen molar-refractivity contribution in [3.05, 3.63) is 29.3 Å². The second-order valence-corrected chi connectivity index (χ2v) is 4.72. The minimum atomic E-state index is 0.523. The van der Waals surface area contributed by atoms with Crippen molar-refractivity contribution in [2.24, 2.45) is 0 Å². The first-order valence-corrected chi connectivity index (χ1v) is 6.35. The Morgan fingerprint density at radius 2 is 2.29 bits per heavy atom. The zero-order valence-corrected chi connectivity index (χ0v) is 10.8. The van der Waals surface area contributed by atoms with Crippen molar-refractivity contribution in [2.75, 3.05) is 26.0 Å². The summed E-state index contributed by atoms with van der Waals surface area (Å²) >= 11 is 0. The third-order valence-corrected chi connectivity index (χ3v) is 3.68. The maximum absolute atomic E-state index is 6.01. The molecule has 3 heteroatoms. The quantitative estimate of drug-likeness (QED) is 0.810. The van der Waals surface area contributed by atoms with Gasteiger partial charge in [0.25, 0.3) is 0 Å². The highest BCUT2D eigenvalue weighted by Crippen LogP contribution is 2.25. The van der Waals surface area contributed by atoms with Crippen LogP contribution in [-0.2, 0) is 17.7 Å². The molecule has 0 radical (unpaired) electrons. The molecule has 1 aromatic rings. The van der Waals surface area contributed by atoms with Crippen molar-refractivity contribution >= 4 is 5.69 Å². The van der Waals surface area contributed by atoms with Gasteiger partial charge in [0.05, 0.1) is 6.61 Å². The van der Waals surface area contributed by atoms with Gasteiger partial charge in [-0.3, -0.25) is 4.90 Å². The second-order valence-electron chi connectivity index (χ2n) is 4.72. The standard InChI is InChI=1S/C14H22N2O/c1-3-12(10-17-2)16-8-7-13-11(9-16)5-4-6-14(13)15/h4-6,12H,3,7-10,15H2,1-2H3. The van der Waals surface area contributed by atoms with Gasteiger partial charge in [-0.1, -0.05) is 19.1 Å². The first-order valence-electron chi connectivity index (χ1n) is 6.35. The summed E-state index contributed by atoms with van der Waals surface area (Å²) in [6.07, 6.45) is 2.19. The number of ether oxygens (including phenoxy) is 1. The Kier molecular flexibility index (Phi) is 4.02. The summed E-state index contributed by atoms with van der Waals surface area (Å²) in [6.45, 7) is 5.12. The Morgan fingerprint density at radius 1 is 1.47 bits per heavy atom. The summed E-state index contributed by atoms with van der Waals surface area (Å²) in [5.41, 5.74) is 9.68. The fourth-order valence-corrected chi connectivity index (χ4v) is 2.65. The minimum Gasteiger partial charge on any atom is -0.398 e. The van der Waals surface area contributed by atoms with Gasteiger partial charge in [-0.2, -0.15) is 0 Å². The maximum atomic E-state index is 6.01. The number of benzene rings is 1. The normalized spacial score (nSPS) is 17.8. The molecule has 17 heavy (non-hydrogen) atoms. The molecule has 3 nitrogen and oxygen atoms in total. The molecule has 0 bridgehead atoms. The third-order valence-electron chi connectivity index (χ3n) is 3.68. The lowest BCUT2D eigenvalue weighted by molar-refractivity contribution is 0.0791. The highest BCUT2D eigenvalue weighted by atomic mass is 16.5. The van der Waals surface area contributed by atoms with Crippen LogP contribution in [0.25, 0.3) is 0 Å². The smallest absolute Gasteiger partial charge is 0.0618 e. The number of hydrogen-bond acceptors (Lipinski definition) is 3. The van der Waals surface area contributed by atoms with Crippen LogP contribution < -0.4 is 5.73 Å². The Labute approximate surface area is 104 Å². The van der Waals surface area contributed by atoms with Crippen molar-refractivity contribution in [3.63, 3.8) is 0 Å². The van der Waals surface area contributed by atoms with Gasteiger partial charge in [-0.25, -0.2) is 0 Å². The minimum absolute atomic E-state index is 0.523. The largest absolute Gasteiger partial charge is 0.398 e. The van der Waals surface area contributed by atoms with Gasteiger partial charge in [0.1, 0.15) is 0 Å². The van der Waals surface area contributed by atoms with E-state index >= 15 is 0 Å². The highest BCUT2D eigenvalue weighted by Gasteiger charge is 2.23. The fraction of sp³-hybridized carbons (Fsp3) is 0.571. The van der Waals surface area contributed by atoms with Crippen LogP contribution in [0.15, 0.2) is 18.2 Å². The molecule has 1 heterocycles. The summed E-state index contributed by atoms with van der Waals surface area (Å²) in [5.74, 6) is 0. The van der Waals surface area contributed by atoms with Crippen molar-refractivity contribution in [1.29, 1.82) is 0 Å². The lowest BCUT2D eigenvalue weighted by Gasteiger charge is -2.35. The summed E-state index contributed by atoms with van der Waals surface area (Å²) < 4.78 is 5.29. The predicted molar refractivity (Wildman–Crippen MR) is 70.9 cm³/mol. The van der Waals surface area contributed by atoms with Gasteiger partial charge in [0, 0.05) is 31.9 Å². The van der Waals surface area contributed by atoms with Gasteiger partial charge in [0.15, 0.2) is 0 Å². The number of rotatable bonds is 4. The predicted octanol–water partition coefficient (Wildman–Crippen LogP) is 2.05. The molecule has 0 spiro atoms. The second kappa shape index (κ2) is 5.52. The molecular weight excluding hydrogens is 212 g/mol. The number of anilines is 1. The van der Waals surface area contributed by atoms with Crippen LogP contribution in [0.3, 0.4) is 0 Å². The summed E-state index contributed by atoms with van der Waals surface area (Å²) in [5, 5.41) is 0. The molecule has 0 fully saturated rings. The van der Waals surface area contributed by atoms with Crippen LogP contribution in [0.4, 0.5) is 5.69 Å². The van der Waals surface area contributed by atoms with Crippen LogP contribution in [0, 0.1) is 0 Å². The van der Waals surface area contributed by atoms with Crippen molar-refractivity contribution in [2.45, 2.75) is 32.4 Å². The number of nitrogen functional groups attached to an aromatic ring is 1. The lowest BCUT2D eigenvalue weighted by Crippen LogP contribution is -2.41. The van der Waals surface area contributed by atoms with E-state index in [2.05, 4.69) is 24.0 Å². The first kappa shape index (κ1) is 12.4. The first-order chi connectivity index (χ1) is 8.26. The van der Waals surface area contributed by atoms with E-state index in [0.717, 1.165) is 38.2 Å². The topological polar surface area (TPSA) is 38.5 Å². The van der Waals surface area contributed by atoms with Crippen molar-refractivity contribution in [3.8, 4) is 0 Å². The van der Waals surface area contributed by atoms with Gasteiger partial charge >= 0.3 is 0 Å². The molecule has 0 aromatic heterocycles. The lowest BCUT2D eigenvalue weighted by atomic mass is 9.96. The SMILES string of the molecule is CCC(COC)N1CCc2c(N)cccc2C1. The molecule has 94 valence electrons. The van der Waals surface area contributed by atoms with Crippen molar-refractivity contribution in [1.82, 2.24) is 4.90 Å². The van der Waals surface area contributed by atoms with E-state index in [1.807, 2.05) is 6.07 Å². The Hall–Kier alpha value is -1.06. The van der Waals surface area contributed by atoms with E-state index < -0.39 is 0 Å². The Morgan fingerprint density at radius 3 is 3.00 bits per heavy atom. The van der Waals surface area contributed by atoms with Gasteiger partial charge in [-0.15, -0.1) is 0 Å². The Bertz CT molecular complexity index is 378. The molecule has 1 aliphatic rings. The maximum Gasteiger partial charge on any atom is 0.0618 e. The summed E-state index contributed by atoms with van der Waals surface area (Å²) in [6, 6.07) is 6.77. The number of methoxy groups -OCH3 is 1. The zero-order chi connectivity index (χ0) is 12.3. The van der Waals surface area contributed by atoms with Crippen LogP contribution in [0.5, 0.6) is 0 Å². The molecule has 1 aliphatic heterocycles. The number of hydrogen-bond donors (Lipinski definition) is 1. The molecule has 0 saturated carbocycles. The van der Waals surface area contributed by atoms with Crippen LogP contribution >= 0.6 is 0 Å². The molecule has 2 N–H and O–H groups in total. The molecule has 1 aromatic carbocycles. The third kappa shape index (κ3) is 2.61. The van der Waals surface area contributed by atoms with E-state index in [1.165, 1.54) is 11.1 Å². The van der Waals surface area contributed by atoms with Gasteiger partial charge in [-0.05, 0) is 30.0 Å². The van der Waals surface area contributed by atoms with E-state index in [0.29, 0.717) is 6.04 Å². The van der Waals surface area contributed by atoms with Crippen LogP contribution in [-0.4, -0.2) is 31.2 Å². The van der Waals surface area contributed by atoms with Crippen LogP contribution in [0.2, 0.25) is 0 Å². The van der Waals surface area contributed by atoms with Gasteiger partial charge < -0.3 is 10.5 Å². The Balaban J connectivity index is 2.12. The molecule has 2 rings (SSSR count). The van der Waals surface area contributed by atoms with E-state index in [4.69, 9.17) is 10.5 Å². The van der Waals surface area contributed by atoms with E-state index in [9.17, 15) is 0 Å². The number of fused-ring (bicyclic) bond motifs is 1. The molecule has 1 unspecified atom stereocenters. The summed E-state index contributed by atoms with van der Waals surface area (Å²) in [7, 11) is 1.78.